The first-order valence-electron chi connectivity index (χ1n) is 8.86. The summed E-state index contributed by atoms with van der Waals surface area (Å²) in [5.74, 6) is 0.410. The lowest BCUT2D eigenvalue weighted by Gasteiger charge is -2.29. The highest BCUT2D eigenvalue weighted by Crippen LogP contribution is 2.37. The molecule has 0 saturated carbocycles. The van der Waals surface area contributed by atoms with E-state index in [4.69, 9.17) is 16.3 Å². The predicted octanol–water partition coefficient (Wildman–Crippen LogP) is 5.24. The molecule has 0 saturated heterocycles. The van der Waals surface area contributed by atoms with Crippen LogP contribution in [0.15, 0.2) is 30.3 Å². The van der Waals surface area contributed by atoms with E-state index in [1.165, 1.54) is 16.9 Å². The van der Waals surface area contributed by atoms with Crippen LogP contribution in [-0.4, -0.2) is 28.6 Å². The Balaban J connectivity index is 2.14. The number of ether oxygens (including phenoxy) is 1. The molecule has 2 aromatic heterocycles. The normalized spacial score (nSPS) is 11.2. The van der Waals surface area contributed by atoms with E-state index in [0.29, 0.717) is 22.9 Å². The van der Waals surface area contributed by atoms with Gasteiger partial charge in [0, 0.05) is 12.6 Å². The van der Waals surface area contributed by atoms with E-state index < -0.39 is 0 Å². The fourth-order valence-corrected chi connectivity index (χ4v) is 4.26. The van der Waals surface area contributed by atoms with Crippen molar-refractivity contribution in [1.82, 2.24) is 9.97 Å². The summed E-state index contributed by atoms with van der Waals surface area (Å²) in [7, 11) is 0. The van der Waals surface area contributed by atoms with E-state index in [-0.39, 0.29) is 17.3 Å². The summed E-state index contributed by atoms with van der Waals surface area (Å²) in [6, 6.07) is 10.4. The molecule has 0 amide bonds. The molecule has 0 fully saturated rings. The van der Waals surface area contributed by atoms with Crippen LogP contribution in [0.2, 0.25) is 5.28 Å². The van der Waals surface area contributed by atoms with Crippen molar-refractivity contribution in [3.63, 3.8) is 0 Å². The van der Waals surface area contributed by atoms with Gasteiger partial charge >= 0.3 is 5.97 Å². The fraction of sp³-hybridized carbons (Fsp3) is 0.350. The maximum atomic E-state index is 12.3. The number of benzene rings is 1. The van der Waals surface area contributed by atoms with Gasteiger partial charge < -0.3 is 9.64 Å². The summed E-state index contributed by atoms with van der Waals surface area (Å²) in [5, 5.41) is 1.03. The molecule has 0 unspecified atom stereocenters. The van der Waals surface area contributed by atoms with Crippen molar-refractivity contribution in [3.8, 4) is 0 Å². The van der Waals surface area contributed by atoms with Crippen LogP contribution in [0.3, 0.4) is 0 Å². The molecule has 0 radical (unpaired) electrons. The molecule has 5 nitrogen and oxygen atoms in total. The number of carbonyl (C=O) groups excluding carboxylic acids is 1. The molecule has 2 heterocycles. The number of fused-ring (bicyclic) bond motifs is 1. The molecule has 27 heavy (non-hydrogen) atoms. The van der Waals surface area contributed by atoms with Gasteiger partial charge in [-0.1, -0.05) is 30.3 Å². The van der Waals surface area contributed by atoms with Crippen LogP contribution in [0.1, 0.15) is 41.6 Å². The van der Waals surface area contributed by atoms with E-state index in [2.05, 4.69) is 40.8 Å². The number of carbonyl (C=O) groups is 1. The number of thiophene rings is 1. The molecule has 3 rings (SSSR count). The van der Waals surface area contributed by atoms with Crippen molar-refractivity contribution in [2.45, 2.75) is 40.3 Å². The number of rotatable bonds is 6. The monoisotopic (exact) mass is 403 g/mol. The molecule has 0 bridgehead atoms. The second-order valence-electron chi connectivity index (χ2n) is 6.48. The van der Waals surface area contributed by atoms with Gasteiger partial charge in [-0.3, -0.25) is 0 Å². The van der Waals surface area contributed by atoms with E-state index in [1.807, 2.05) is 25.1 Å². The third kappa shape index (κ3) is 4.06. The smallest absolute Gasteiger partial charge is 0.348 e. The van der Waals surface area contributed by atoms with Crippen molar-refractivity contribution in [2.75, 3.05) is 11.5 Å². The van der Waals surface area contributed by atoms with Crippen LogP contribution in [-0.2, 0) is 11.3 Å². The number of nitrogens with zero attached hydrogens (tertiary/aromatic N) is 3. The molecule has 0 N–H and O–H groups in total. The van der Waals surface area contributed by atoms with Gasteiger partial charge in [0.05, 0.1) is 12.0 Å². The van der Waals surface area contributed by atoms with E-state index in [1.54, 1.807) is 6.92 Å². The predicted molar refractivity (Wildman–Crippen MR) is 111 cm³/mol. The Morgan fingerprint density at radius 1 is 1.26 bits per heavy atom. The summed E-state index contributed by atoms with van der Waals surface area (Å²) >= 11 is 7.52. The van der Waals surface area contributed by atoms with Crippen molar-refractivity contribution < 1.29 is 9.53 Å². The van der Waals surface area contributed by atoms with Crippen LogP contribution in [0.5, 0.6) is 0 Å². The minimum atomic E-state index is -0.334. The lowest BCUT2D eigenvalue weighted by atomic mass is 10.1. The van der Waals surface area contributed by atoms with Crippen LogP contribution in [0.25, 0.3) is 10.2 Å². The Morgan fingerprint density at radius 3 is 2.59 bits per heavy atom. The zero-order valence-corrected chi connectivity index (χ0v) is 17.4. The molecule has 3 aromatic rings. The summed E-state index contributed by atoms with van der Waals surface area (Å²) in [5.41, 5.74) is 2.01. The quantitative estimate of drug-likeness (QED) is 0.416. The number of hydrogen-bond donors (Lipinski definition) is 0. The molecular formula is C20H22ClN3O2S. The topological polar surface area (TPSA) is 55.3 Å². The van der Waals surface area contributed by atoms with Crippen molar-refractivity contribution in [3.05, 3.63) is 51.6 Å². The van der Waals surface area contributed by atoms with Crippen molar-refractivity contribution in [1.29, 1.82) is 0 Å². The standard InChI is InChI=1S/C20H22ClN3O2S/c1-5-26-19(25)16-13(4)15-17(22-20(21)23-18(15)27-16)24(12(2)3)11-14-9-7-6-8-10-14/h6-10,12H,5,11H2,1-4H3. The Bertz CT molecular complexity index is 957. The Morgan fingerprint density at radius 2 is 1.96 bits per heavy atom. The lowest BCUT2D eigenvalue weighted by molar-refractivity contribution is 0.0531. The SMILES string of the molecule is CCOC(=O)c1sc2nc(Cl)nc(N(Cc3ccccc3)C(C)C)c2c1C. The first kappa shape index (κ1) is 19.6. The van der Waals surface area contributed by atoms with E-state index in [9.17, 15) is 4.79 Å². The average Bonchev–Trinajstić information content (AvgIpc) is 2.96. The van der Waals surface area contributed by atoms with Gasteiger partial charge in [0.2, 0.25) is 5.28 Å². The van der Waals surface area contributed by atoms with Crippen LogP contribution in [0, 0.1) is 6.92 Å². The molecule has 7 heteroatoms. The van der Waals surface area contributed by atoms with Gasteiger partial charge in [0.25, 0.3) is 0 Å². The molecule has 0 aliphatic rings. The number of hydrogen-bond acceptors (Lipinski definition) is 6. The second kappa shape index (κ2) is 8.23. The molecule has 0 aliphatic carbocycles. The lowest BCUT2D eigenvalue weighted by Crippen LogP contribution is -2.31. The molecule has 0 aliphatic heterocycles. The molecule has 0 spiro atoms. The van der Waals surface area contributed by atoms with Gasteiger partial charge in [-0.15, -0.1) is 11.3 Å². The second-order valence-corrected chi connectivity index (χ2v) is 7.82. The molecule has 0 atom stereocenters. The van der Waals surface area contributed by atoms with Gasteiger partial charge in [-0.05, 0) is 50.4 Å². The number of aryl methyl sites for hydroxylation is 1. The minimum Gasteiger partial charge on any atom is -0.462 e. The third-order valence-electron chi connectivity index (χ3n) is 4.30. The molecule has 142 valence electrons. The Kier molecular flexibility index (Phi) is 5.97. The number of halogens is 1. The number of anilines is 1. The Labute approximate surface area is 168 Å². The van der Waals surface area contributed by atoms with Crippen LogP contribution >= 0.6 is 22.9 Å². The maximum absolute atomic E-state index is 12.3. The van der Waals surface area contributed by atoms with E-state index >= 15 is 0 Å². The third-order valence-corrected chi connectivity index (χ3v) is 5.63. The summed E-state index contributed by atoms with van der Waals surface area (Å²) in [6.45, 7) is 8.94. The fourth-order valence-electron chi connectivity index (χ4n) is 2.97. The zero-order chi connectivity index (χ0) is 19.6. The minimum absolute atomic E-state index is 0.174. The van der Waals surface area contributed by atoms with Gasteiger partial charge in [0.15, 0.2) is 0 Å². The highest BCUT2D eigenvalue weighted by atomic mass is 35.5. The Hall–Kier alpha value is -2.18. The molecule has 1 aromatic carbocycles. The van der Waals surface area contributed by atoms with E-state index in [0.717, 1.165) is 16.8 Å². The summed E-state index contributed by atoms with van der Waals surface area (Å²) < 4.78 is 5.19. The van der Waals surface area contributed by atoms with Gasteiger partial charge in [0.1, 0.15) is 15.5 Å². The van der Waals surface area contributed by atoms with Crippen molar-refractivity contribution in [2.24, 2.45) is 0 Å². The number of esters is 1. The average molecular weight is 404 g/mol. The van der Waals surface area contributed by atoms with Gasteiger partial charge in [-0.2, -0.15) is 4.98 Å². The largest absolute Gasteiger partial charge is 0.462 e. The first-order chi connectivity index (χ1) is 12.9. The van der Waals surface area contributed by atoms with Crippen LogP contribution < -0.4 is 4.90 Å². The highest BCUT2D eigenvalue weighted by molar-refractivity contribution is 7.20. The summed E-state index contributed by atoms with van der Waals surface area (Å²) in [6.07, 6.45) is 0. The highest BCUT2D eigenvalue weighted by Gasteiger charge is 2.25. The number of aromatic nitrogens is 2. The zero-order valence-electron chi connectivity index (χ0n) is 15.8. The summed E-state index contributed by atoms with van der Waals surface area (Å²) in [4.78, 5) is 24.6. The molecular weight excluding hydrogens is 382 g/mol. The van der Waals surface area contributed by atoms with Gasteiger partial charge in [-0.25, -0.2) is 9.78 Å². The first-order valence-corrected chi connectivity index (χ1v) is 10.1. The van der Waals surface area contributed by atoms with Crippen LogP contribution in [0.4, 0.5) is 5.82 Å². The van der Waals surface area contributed by atoms with Crippen molar-refractivity contribution >= 4 is 44.9 Å². The maximum Gasteiger partial charge on any atom is 0.348 e.